The largest absolute Gasteiger partial charge is 0.478 e. The molecule has 0 radical (unpaired) electrons. The van der Waals surface area contributed by atoms with Gasteiger partial charge in [-0.3, -0.25) is 0 Å². The number of nitrogens with one attached hydrogen (secondary N) is 1. The highest BCUT2D eigenvalue weighted by Gasteiger charge is 2.17. The van der Waals surface area contributed by atoms with Crippen LogP contribution in [0.1, 0.15) is 31.4 Å². The summed E-state index contributed by atoms with van der Waals surface area (Å²) in [6.45, 7) is 7.49. The quantitative estimate of drug-likeness (QED) is 0.607. The van der Waals surface area contributed by atoms with Crippen LogP contribution in [0.2, 0.25) is 0 Å². The molecule has 1 aromatic rings. The molecule has 4 heteroatoms. The molecule has 0 bridgehead atoms. The van der Waals surface area contributed by atoms with Crippen LogP contribution in [0.3, 0.4) is 0 Å². The summed E-state index contributed by atoms with van der Waals surface area (Å²) in [5.74, 6) is 0.403. The van der Waals surface area contributed by atoms with Gasteiger partial charge >= 0.3 is 5.97 Å². The van der Waals surface area contributed by atoms with Crippen LogP contribution in [0.25, 0.3) is 0 Å². The number of aryl methyl sites for hydroxylation is 1. The van der Waals surface area contributed by atoms with E-state index < -0.39 is 6.10 Å². The number of ether oxygens (including phenoxy) is 2. The minimum Gasteiger partial charge on any atom is -0.478 e. The standard InChI is InChI=1S/C15H23NO3/c1-5-9-16-10-13-8-6-7-11(2)14(13)19-12(3)15(17)18-4/h6-8,12,16H,5,9-10H2,1-4H3. The van der Waals surface area contributed by atoms with Gasteiger partial charge in [-0.2, -0.15) is 0 Å². The number of hydrogen-bond donors (Lipinski definition) is 1. The van der Waals surface area contributed by atoms with Crippen molar-refractivity contribution in [2.75, 3.05) is 13.7 Å². The lowest BCUT2D eigenvalue weighted by Gasteiger charge is -2.18. The Morgan fingerprint density at radius 3 is 2.79 bits per heavy atom. The van der Waals surface area contributed by atoms with Crippen molar-refractivity contribution in [3.63, 3.8) is 0 Å². The lowest BCUT2D eigenvalue weighted by atomic mass is 10.1. The summed E-state index contributed by atoms with van der Waals surface area (Å²) in [6.07, 6.45) is 0.483. The molecule has 0 fully saturated rings. The summed E-state index contributed by atoms with van der Waals surface area (Å²) in [5, 5.41) is 3.34. The van der Waals surface area contributed by atoms with E-state index in [0.717, 1.165) is 36.4 Å². The van der Waals surface area contributed by atoms with Crippen LogP contribution in [0.4, 0.5) is 0 Å². The van der Waals surface area contributed by atoms with Gasteiger partial charge in [0.1, 0.15) is 5.75 Å². The van der Waals surface area contributed by atoms with Gasteiger partial charge in [-0.1, -0.05) is 25.1 Å². The summed E-state index contributed by atoms with van der Waals surface area (Å²) >= 11 is 0. The zero-order valence-electron chi connectivity index (χ0n) is 12.2. The first-order chi connectivity index (χ1) is 9.10. The molecule has 1 aromatic carbocycles. The topological polar surface area (TPSA) is 47.6 Å². The fraction of sp³-hybridized carbons (Fsp3) is 0.533. The first-order valence-electron chi connectivity index (χ1n) is 6.63. The van der Waals surface area contributed by atoms with Gasteiger partial charge in [0.05, 0.1) is 7.11 Å². The van der Waals surface area contributed by atoms with E-state index in [-0.39, 0.29) is 5.97 Å². The zero-order chi connectivity index (χ0) is 14.3. The molecule has 0 saturated carbocycles. The molecule has 4 nitrogen and oxygen atoms in total. The molecule has 0 spiro atoms. The van der Waals surface area contributed by atoms with Crippen molar-refractivity contribution in [2.24, 2.45) is 0 Å². The van der Waals surface area contributed by atoms with Gasteiger partial charge in [0.15, 0.2) is 6.10 Å². The minimum absolute atomic E-state index is 0.365. The van der Waals surface area contributed by atoms with E-state index in [1.54, 1.807) is 6.92 Å². The van der Waals surface area contributed by atoms with Crippen molar-refractivity contribution in [1.29, 1.82) is 0 Å². The van der Waals surface area contributed by atoms with Gasteiger partial charge in [0, 0.05) is 12.1 Å². The number of para-hydroxylation sites is 1. The molecule has 0 aliphatic carbocycles. The summed E-state index contributed by atoms with van der Waals surface area (Å²) in [7, 11) is 1.36. The first kappa shape index (κ1) is 15.5. The van der Waals surface area contributed by atoms with Crippen molar-refractivity contribution in [3.8, 4) is 5.75 Å². The Bertz CT molecular complexity index is 418. The Hall–Kier alpha value is -1.55. The third-order valence-electron chi connectivity index (χ3n) is 2.86. The third-order valence-corrected chi connectivity index (χ3v) is 2.86. The molecule has 1 N–H and O–H groups in total. The molecule has 0 aromatic heterocycles. The predicted octanol–water partition coefficient (Wildman–Crippen LogP) is 2.43. The maximum atomic E-state index is 11.4. The van der Waals surface area contributed by atoms with Crippen LogP contribution in [0.15, 0.2) is 18.2 Å². The summed E-state index contributed by atoms with van der Waals surface area (Å²) in [6, 6.07) is 5.98. The number of hydrogen-bond acceptors (Lipinski definition) is 4. The molecule has 1 unspecified atom stereocenters. The lowest BCUT2D eigenvalue weighted by molar-refractivity contribution is -0.147. The van der Waals surface area contributed by atoms with E-state index in [9.17, 15) is 4.79 Å². The maximum absolute atomic E-state index is 11.4. The molecule has 0 aliphatic rings. The van der Waals surface area contributed by atoms with Crippen molar-refractivity contribution < 1.29 is 14.3 Å². The zero-order valence-corrected chi connectivity index (χ0v) is 12.2. The Labute approximate surface area is 115 Å². The lowest BCUT2D eigenvalue weighted by Crippen LogP contribution is -2.26. The highest BCUT2D eigenvalue weighted by molar-refractivity contribution is 5.74. The van der Waals surface area contributed by atoms with Crippen molar-refractivity contribution >= 4 is 5.97 Å². The second kappa shape index (κ2) is 7.79. The monoisotopic (exact) mass is 265 g/mol. The number of carbonyl (C=O) groups excluding carboxylic acids is 1. The van der Waals surface area contributed by atoms with E-state index in [1.807, 2.05) is 25.1 Å². The van der Waals surface area contributed by atoms with Crippen molar-refractivity contribution in [2.45, 2.75) is 39.8 Å². The van der Waals surface area contributed by atoms with Crippen LogP contribution in [-0.2, 0) is 16.1 Å². The normalized spacial score (nSPS) is 12.0. The molecule has 0 aliphatic heterocycles. The second-order valence-electron chi connectivity index (χ2n) is 4.52. The van der Waals surface area contributed by atoms with Crippen molar-refractivity contribution in [1.82, 2.24) is 5.32 Å². The van der Waals surface area contributed by atoms with Crippen LogP contribution < -0.4 is 10.1 Å². The Morgan fingerprint density at radius 1 is 1.42 bits per heavy atom. The number of carbonyl (C=O) groups is 1. The number of esters is 1. The van der Waals surface area contributed by atoms with E-state index in [4.69, 9.17) is 4.74 Å². The Balaban J connectivity index is 2.82. The summed E-state index contributed by atoms with van der Waals surface area (Å²) in [4.78, 5) is 11.4. The van der Waals surface area contributed by atoms with E-state index >= 15 is 0 Å². The minimum atomic E-state index is -0.601. The second-order valence-corrected chi connectivity index (χ2v) is 4.52. The van der Waals surface area contributed by atoms with Crippen LogP contribution in [-0.4, -0.2) is 25.7 Å². The van der Waals surface area contributed by atoms with Gasteiger partial charge in [0.2, 0.25) is 0 Å². The number of benzene rings is 1. The highest BCUT2D eigenvalue weighted by atomic mass is 16.6. The molecular weight excluding hydrogens is 242 g/mol. The fourth-order valence-electron chi connectivity index (χ4n) is 1.81. The predicted molar refractivity (Wildman–Crippen MR) is 75.3 cm³/mol. The van der Waals surface area contributed by atoms with E-state index in [0.29, 0.717) is 0 Å². The third kappa shape index (κ3) is 4.56. The average molecular weight is 265 g/mol. The van der Waals surface area contributed by atoms with E-state index in [1.165, 1.54) is 7.11 Å². The summed E-state index contributed by atoms with van der Waals surface area (Å²) in [5.41, 5.74) is 2.08. The Morgan fingerprint density at radius 2 is 2.16 bits per heavy atom. The molecule has 0 saturated heterocycles. The van der Waals surface area contributed by atoms with Gasteiger partial charge in [-0.15, -0.1) is 0 Å². The van der Waals surface area contributed by atoms with Gasteiger partial charge in [-0.05, 0) is 32.4 Å². The first-order valence-corrected chi connectivity index (χ1v) is 6.63. The Kier molecular flexibility index (Phi) is 6.36. The average Bonchev–Trinajstić information content (AvgIpc) is 2.41. The number of rotatable bonds is 7. The van der Waals surface area contributed by atoms with Crippen LogP contribution in [0.5, 0.6) is 5.75 Å². The maximum Gasteiger partial charge on any atom is 0.346 e. The summed E-state index contributed by atoms with van der Waals surface area (Å²) < 4.78 is 10.4. The molecule has 1 rings (SSSR count). The molecule has 0 amide bonds. The number of methoxy groups -OCH3 is 1. The molecule has 0 heterocycles. The smallest absolute Gasteiger partial charge is 0.346 e. The van der Waals surface area contributed by atoms with Crippen molar-refractivity contribution in [3.05, 3.63) is 29.3 Å². The molecule has 1 atom stereocenters. The van der Waals surface area contributed by atoms with Gasteiger partial charge in [-0.25, -0.2) is 4.79 Å². The van der Waals surface area contributed by atoms with Crippen LogP contribution in [0, 0.1) is 6.92 Å². The van der Waals surface area contributed by atoms with E-state index in [2.05, 4.69) is 17.0 Å². The van der Waals surface area contributed by atoms with Crippen LogP contribution >= 0.6 is 0 Å². The fourth-order valence-corrected chi connectivity index (χ4v) is 1.81. The SMILES string of the molecule is CCCNCc1cccc(C)c1OC(C)C(=O)OC. The van der Waals surface area contributed by atoms with Gasteiger partial charge < -0.3 is 14.8 Å². The molecular formula is C15H23NO3. The molecule has 19 heavy (non-hydrogen) atoms. The molecule has 106 valence electrons. The van der Waals surface area contributed by atoms with Gasteiger partial charge in [0.25, 0.3) is 0 Å². The highest BCUT2D eigenvalue weighted by Crippen LogP contribution is 2.24.